The summed E-state index contributed by atoms with van der Waals surface area (Å²) in [5.74, 6) is 0.677. The van der Waals surface area contributed by atoms with Crippen molar-refractivity contribution in [3.05, 3.63) is 95.1 Å². The van der Waals surface area contributed by atoms with Crippen molar-refractivity contribution in [2.75, 3.05) is 20.2 Å². The number of aryl methyl sites for hydroxylation is 1. The zero-order valence-electron chi connectivity index (χ0n) is 19.7. The van der Waals surface area contributed by atoms with Crippen LogP contribution in [-0.2, 0) is 17.4 Å². The van der Waals surface area contributed by atoms with Crippen LogP contribution in [0, 0.1) is 6.92 Å². The first kappa shape index (κ1) is 24.7. The maximum absolute atomic E-state index is 13.2. The standard InChI is InChI=1S/C27H32N2O3S/c1-5-29(6-2)27(30)25-17-14-23(32-4)18-22(25)19-26(21-10-8-7-9-11-21)28-33(31)24-15-12-20(3)13-16-24/h7-18,26,28H,5-6,19H2,1-4H3/t26-,33-/m0/s1. The molecule has 0 aromatic heterocycles. The molecule has 0 spiro atoms. The van der Waals surface area contributed by atoms with E-state index in [9.17, 15) is 9.00 Å². The Balaban J connectivity index is 1.97. The zero-order valence-corrected chi connectivity index (χ0v) is 20.5. The van der Waals surface area contributed by atoms with Crippen molar-refractivity contribution in [3.8, 4) is 5.75 Å². The van der Waals surface area contributed by atoms with Crippen molar-refractivity contribution < 1.29 is 13.7 Å². The van der Waals surface area contributed by atoms with Gasteiger partial charge in [-0.3, -0.25) is 4.79 Å². The Hall–Kier alpha value is -2.96. The molecule has 0 radical (unpaired) electrons. The lowest BCUT2D eigenvalue weighted by Crippen LogP contribution is -2.32. The SMILES string of the molecule is CCN(CC)C(=O)c1ccc(OC)cc1C[C@H](N[S@@](=O)c1ccc(C)cc1)c1ccccc1. The molecule has 0 saturated heterocycles. The van der Waals surface area contributed by atoms with Gasteiger partial charge in [0.1, 0.15) is 16.7 Å². The summed E-state index contributed by atoms with van der Waals surface area (Å²) in [6.45, 7) is 7.23. The van der Waals surface area contributed by atoms with Crippen molar-refractivity contribution in [2.24, 2.45) is 0 Å². The first-order valence-electron chi connectivity index (χ1n) is 11.2. The lowest BCUT2D eigenvalue weighted by molar-refractivity contribution is 0.0771. The van der Waals surface area contributed by atoms with Gasteiger partial charge in [0.25, 0.3) is 5.91 Å². The molecule has 1 N–H and O–H groups in total. The van der Waals surface area contributed by atoms with E-state index in [1.54, 1.807) is 12.0 Å². The van der Waals surface area contributed by atoms with Crippen molar-refractivity contribution in [1.82, 2.24) is 9.62 Å². The summed E-state index contributed by atoms with van der Waals surface area (Å²) in [7, 11) is 0.207. The predicted octanol–water partition coefficient (Wildman–Crippen LogP) is 5.08. The molecule has 0 bridgehead atoms. The van der Waals surface area contributed by atoms with Gasteiger partial charge in [0.05, 0.1) is 12.0 Å². The van der Waals surface area contributed by atoms with Crippen LogP contribution in [0.4, 0.5) is 0 Å². The molecule has 0 aliphatic carbocycles. The smallest absolute Gasteiger partial charge is 0.254 e. The number of benzene rings is 3. The Morgan fingerprint density at radius 1 is 1.00 bits per heavy atom. The third kappa shape index (κ3) is 6.30. The van der Waals surface area contributed by atoms with Gasteiger partial charge in [0, 0.05) is 24.7 Å². The fourth-order valence-corrected chi connectivity index (χ4v) is 4.74. The number of ether oxygens (including phenoxy) is 1. The molecule has 0 saturated carbocycles. The van der Waals surface area contributed by atoms with Gasteiger partial charge < -0.3 is 9.64 Å². The quantitative estimate of drug-likeness (QED) is 0.455. The third-order valence-electron chi connectivity index (χ3n) is 5.70. The molecule has 33 heavy (non-hydrogen) atoms. The number of amides is 1. The number of carbonyl (C=O) groups excluding carboxylic acids is 1. The van der Waals surface area contributed by atoms with Crippen molar-refractivity contribution in [3.63, 3.8) is 0 Å². The summed E-state index contributed by atoms with van der Waals surface area (Å²) in [5, 5.41) is 0. The van der Waals surface area contributed by atoms with Gasteiger partial charge in [-0.2, -0.15) is 0 Å². The van der Waals surface area contributed by atoms with Gasteiger partial charge in [-0.05, 0) is 68.7 Å². The van der Waals surface area contributed by atoms with Gasteiger partial charge in [-0.15, -0.1) is 0 Å². The van der Waals surface area contributed by atoms with E-state index < -0.39 is 11.0 Å². The van der Waals surface area contributed by atoms with Gasteiger partial charge in [0.2, 0.25) is 0 Å². The van der Waals surface area contributed by atoms with Gasteiger partial charge >= 0.3 is 0 Å². The maximum atomic E-state index is 13.2. The second-order valence-electron chi connectivity index (χ2n) is 7.87. The summed E-state index contributed by atoms with van der Waals surface area (Å²) in [5.41, 5.74) is 3.62. The molecule has 0 fully saturated rings. The zero-order chi connectivity index (χ0) is 23.8. The highest BCUT2D eigenvalue weighted by Crippen LogP contribution is 2.26. The lowest BCUT2D eigenvalue weighted by atomic mass is 9.95. The fourth-order valence-electron chi connectivity index (χ4n) is 3.75. The van der Waals surface area contributed by atoms with Crippen LogP contribution in [0.2, 0.25) is 0 Å². The molecule has 6 heteroatoms. The summed E-state index contributed by atoms with van der Waals surface area (Å²) in [6, 6.07) is 22.9. The number of carbonyl (C=O) groups is 1. The molecule has 3 rings (SSSR count). The average molecular weight is 465 g/mol. The molecule has 174 valence electrons. The summed E-state index contributed by atoms with van der Waals surface area (Å²) in [4.78, 5) is 15.7. The predicted molar refractivity (Wildman–Crippen MR) is 134 cm³/mol. The molecule has 3 aromatic rings. The van der Waals surface area contributed by atoms with E-state index in [1.165, 1.54) is 0 Å². The Kier molecular flexibility index (Phi) is 8.80. The number of hydrogen-bond acceptors (Lipinski definition) is 3. The van der Waals surface area contributed by atoms with Crippen molar-refractivity contribution >= 4 is 16.9 Å². The van der Waals surface area contributed by atoms with Crippen LogP contribution in [0.25, 0.3) is 0 Å². The van der Waals surface area contributed by atoms with Crippen LogP contribution < -0.4 is 9.46 Å². The average Bonchev–Trinajstić information content (AvgIpc) is 2.85. The normalized spacial score (nSPS) is 12.7. The highest BCUT2D eigenvalue weighted by Gasteiger charge is 2.22. The highest BCUT2D eigenvalue weighted by molar-refractivity contribution is 7.83. The van der Waals surface area contributed by atoms with E-state index in [-0.39, 0.29) is 11.9 Å². The van der Waals surface area contributed by atoms with E-state index in [0.29, 0.717) is 35.7 Å². The van der Waals surface area contributed by atoms with E-state index in [4.69, 9.17) is 4.74 Å². The number of methoxy groups -OCH3 is 1. The van der Waals surface area contributed by atoms with E-state index in [2.05, 4.69) is 4.72 Å². The van der Waals surface area contributed by atoms with Crippen LogP contribution in [-0.4, -0.2) is 35.2 Å². The Morgan fingerprint density at radius 2 is 1.67 bits per heavy atom. The van der Waals surface area contributed by atoms with E-state index in [0.717, 1.165) is 16.7 Å². The van der Waals surface area contributed by atoms with Gasteiger partial charge in [-0.25, -0.2) is 8.93 Å². The van der Waals surface area contributed by atoms with E-state index in [1.807, 2.05) is 93.6 Å². The summed E-state index contributed by atoms with van der Waals surface area (Å²) in [6.07, 6.45) is 0.487. The topological polar surface area (TPSA) is 58.6 Å². The highest BCUT2D eigenvalue weighted by atomic mass is 32.2. The minimum atomic E-state index is -1.41. The molecule has 0 unspecified atom stereocenters. The molecule has 1 amide bonds. The summed E-state index contributed by atoms with van der Waals surface area (Å²) < 4.78 is 21.9. The fraction of sp³-hybridized carbons (Fsp3) is 0.296. The van der Waals surface area contributed by atoms with Crippen LogP contribution >= 0.6 is 0 Å². The number of nitrogens with zero attached hydrogens (tertiary/aromatic N) is 1. The van der Waals surface area contributed by atoms with Gasteiger partial charge in [-0.1, -0.05) is 48.0 Å². The van der Waals surface area contributed by atoms with Crippen molar-refractivity contribution in [2.45, 2.75) is 38.1 Å². The van der Waals surface area contributed by atoms with Crippen LogP contribution in [0.3, 0.4) is 0 Å². The first-order chi connectivity index (χ1) is 16.0. The van der Waals surface area contributed by atoms with Crippen molar-refractivity contribution in [1.29, 1.82) is 0 Å². The molecule has 3 aromatic carbocycles. The largest absolute Gasteiger partial charge is 0.497 e. The molecule has 2 atom stereocenters. The second-order valence-corrected chi connectivity index (χ2v) is 9.11. The molecular weight excluding hydrogens is 432 g/mol. The number of nitrogens with one attached hydrogen (secondary N) is 1. The van der Waals surface area contributed by atoms with E-state index >= 15 is 0 Å². The maximum Gasteiger partial charge on any atom is 0.254 e. The van der Waals surface area contributed by atoms with Crippen LogP contribution in [0.1, 0.15) is 46.9 Å². The third-order valence-corrected chi connectivity index (χ3v) is 6.90. The molecule has 0 aliphatic heterocycles. The number of rotatable bonds is 10. The number of hydrogen-bond donors (Lipinski definition) is 1. The van der Waals surface area contributed by atoms with Crippen LogP contribution in [0.5, 0.6) is 5.75 Å². The Labute approximate surface area is 199 Å². The first-order valence-corrected chi connectivity index (χ1v) is 12.4. The minimum Gasteiger partial charge on any atom is -0.497 e. The lowest BCUT2D eigenvalue weighted by Gasteiger charge is -2.24. The molecular formula is C27H32N2O3S. The van der Waals surface area contributed by atoms with Crippen LogP contribution in [0.15, 0.2) is 77.7 Å². The van der Waals surface area contributed by atoms with Gasteiger partial charge in [0.15, 0.2) is 0 Å². The summed E-state index contributed by atoms with van der Waals surface area (Å²) >= 11 is 0. The molecule has 0 aliphatic rings. The minimum absolute atomic E-state index is 0.0101. The Morgan fingerprint density at radius 3 is 2.27 bits per heavy atom. The molecule has 0 heterocycles. The monoisotopic (exact) mass is 464 g/mol. The second kappa shape index (κ2) is 11.8. The Bertz CT molecular complexity index is 1080. The molecule has 5 nitrogen and oxygen atoms in total.